The van der Waals surface area contributed by atoms with Crippen LogP contribution in [0.15, 0.2) is 35.4 Å². The minimum absolute atomic E-state index is 0.181. The smallest absolute Gasteiger partial charge is 0.241 e. The van der Waals surface area contributed by atoms with Crippen molar-refractivity contribution in [2.75, 3.05) is 6.54 Å². The molecule has 0 saturated carbocycles. The second-order valence-electron chi connectivity index (χ2n) is 5.21. The molecule has 7 heteroatoms. The summed E-state index contributed by atoms with van der Waals surface area (Å²) in [6, 6.07) is 6.33. The van der Waals surface area contributed by atoms with Gasteiger partial charge in [0.2, 0.25) is 10.0 Å². The highest BCUT2D eigenvalue weighted by Gasteiger charge is 2.19. The summed E-state index contributed by atoms with van der Waals surface area (Å²) in [5.41, 5.74) is 5.88. The summed E-state index contributed by atoms with van der Waals surface area (Å²) in [6.07, 6.45) is 1.49. The topological polar surface area (TPSA) is 85.1 Å². The molecule has 1 aromatic heterocycles. The van der Waals surface area contributed by atoms with Gasteiger partial charge in [-0.15, -0.1) is 0 Å². The van der Waals surface area contributed by atoms with Crippen LogP contribution in [0.1, 0.15) is 13.8 Å². The first kappa shape index (κ1) is 16.2. The number of pyridine rings is 1. The van der Waals surface area contributed by atoms with E-state index in [1.807, 2.05) is 13.8 Å². The Kier molecular flexibility index (Phi) is 4.83. The van der Waals surface area contributed by atoms with Crippen molar-refractivity contribution in [1.29, 1.82) is 0 Å². The van der Waals surface area contributed by atoms with Gasteiger partial charge in [-0.3, -0.25) is 0 Å². The molecule has 2 rings (SSSR count). The molecule has 0 aliphatic rings. The Morgan fingerprint density at radius 3 is 2.67 bits per heavy atom. The van der Waals surface area contributed by atoms with Gasteiger partial charge in [-0.1, -0.05) is 37.6 Å². The number of hydrogen-bond donors (Lipinski definition) is 2. The zero-order valence-corrected chi connectivity index (χ0v) is 13.4. The van der Waals surface area contributed by atoms with Crippen molar-refractivity contribution < 1.29 is 8.42 Å². The molecule has 2 aromatic rings. The van der Waals surface area contributed by atoms with Crippen LogP contribution < -0.4 is 10.5 Å². The lowest BCUT2D eigenvalue weighted by molar-refractivity contribution is 0.481. The van der Waals surface area contributed by atoms with E-state index in [0.29, 0.717) is 10.8 Å². The molecule has 0 saturated heterocycles. The van der Waals surface area contributed by atoms with Gasteiger partial charge in [0.1, 0.15) is 5.15 Å². The van der Waals surface area contributed by atoms with E-state index in [2.05, 4.69) is 9.71 Å². The Morgan fingerprint density at radius 1 is 1.29 bits per heavy atom. The Labute approximate surface area is 129 Å². The third-order valence-electron chi connectivity index (χ3n) is 3.37. The van der Waals surface area contributed by atoms with Gasteiger partial charge in [-0.05, 0) is 18.1 Å². The normalized spacial score (nSPS) is 13.8. The van der Waals surface area contributed by atoms with E-state index >= 15 is 0 Å². The Hall–Kier alpha value is -1.21. The van der Waals surface area contributed by atoms with Crippen LogP contribution in [-0.2, 0) is 10.0 Å². The summed E-state index contributed by atoms with van der Waals surface area (Å²) in [6.45, 7) is 4.08. The van der Waals surface area contributed by atoms with Crippen LogP contribution in [0.3, 0.4) is 0 Å². The van der Waals surface area contributed by atoms with Crippen molar-refractivity contribution in [3.63, 3.8) is 0 Å². The number of halogens is 1. The Morgan fingerprint density at radius 2 is 2.00 bits per heavy atom. The molecule has 0 bridgehead atoms. The van der Waals surface area contributed by atoms with E-state index in [9.17, 15) is 8.42 Å². The Balaban J connectivity index is 2.39. The van der Waals surface area contributed by atoms with Crippen LogP contribution in [-0.4, -0.2) is 26.0 Å². The lowest BCUT2D eigenvalue weighted by Gasteiger charge is -2.17. The van der Waals surface area contributed by atoms with Crippen LogP contribution in [0.25, 0.3) is 10.8 Å². The summed E-state index contributed by atoms with van der Waals surface area (Å²) in [5, 5.41) is 1.43. The standard InChI is InChI=1S/C14H18ClN3O2S/c1-9(2)12(16)8-18-21(19,20)13-5-3-4-11-10(13)6-7-17-14(11)15/h3-7,9,12,18H,8,16H2,1-2H3. The minimum Gasteiger partial charge on any atom is -0.326 e. The number of benzene rings is 1. The van der Waals surface area contributed by atoms with Crippen LogP contribution >= 0.6 is 11.6 Å². The average molecular weight is 328 g/mol. The maximum atomic E-state index is 12.5. The fourth-order valence-corrected chi connectivity index (χ4v) is 3.41. The lowest BCUT2D eigenvalue weighted by Crippen LogP contribution is -2.40. The van der Waals surface area contributed by atoms with Gasteiger partial charge in [0.25, 0.3) is 0 Å². The minimum atomic E-state index is -3.65. The Bertz CT molecular complexity index is 747. The quantitative estimate of drug-likeness (QED) is 0.824. The SMILES string of the molecule is CC(C)C(N)CNS(=O)(=O)c1cccc2c(Cl)nccc12. The van der Waals surface area contributed by atoms with Gasteiger partial charge in [-0.2, -0.15) is 0 Å². The summed E-state index contributed by atoms with van der Waals surface area (Å²) >= 11 is 6.00. The van der Waals surface area contributed by atoms with Crippen LogP contribution in [0.5, 0.6) is 0 Å². The molecular formula is C14H18ClN3O2S. The van der Waals surface area contributed by atoms with E-state index in [1.165, 1.54) is 6.20 Å². The molecule has 0 radical (unpaired) electrons. The molecule has 21 heavy (non-hydrogen) atoms. The van der Waals surface area contributed by atoms with Crippen molar-refractivity contribution in [2.24, 2.45) is 11.7 Å². The highest BCUT2D eigenvalue weighted by Crippen LogP contribution is 2.26. The molecule has 0 spiro atoms. The van der Waals surface area contributed by atoms with Crippen LogP contribution in [0, 0.1) is 5.92 Å². The molecule has 0 aliphatic carbocycles. The van der Waals surface area contributed by atoms with E-state index < -0.39 is 10.0 Å². The average Bonchev–Trinajstić information content (AvgIpc) is 2.44. The molecule has 5 nitrogen and oxygen atoms in total. The summed E-state index contributed by atoms with van der Waals surface area (Å²) in [7, 11) is -3.65. The van der Waals surface area contributed by atoms with Crippen LogP contribution in [0.4, 0.5) is 0 Å². The molecule has 0 fully saturated rings. The van der Waals surface area contributed by atoms with Gasteiger partial charge < -0.3 is 5.73 Å². The molecule has 3 N–H and O–H groups in total. The van der Waals surface area contributed by atoms with Crippen molar-refractivity contribution >= 4 is 32.4 Å². The number of aromatic nitrogens is 1. The molecule has 1 unspecified atom stereocenters. The number of fused-ring (bicyclic) bond motifs is 1. The third-order valence-corrected chi connectivity index (χ3v) is 5.16. The molecule has 0 aliphatic heterocycles. The molecular weight excluding hydrogens is 310 g/mol. The highest BCUT2D eigenvalue weighted by molar-refractivity contribution is 7.89. The van der Waals surface area contributed by atoms with E-state index in [4.69, 9.17) is 17.3 Å². The molecule has 1 heterocycles. The second kappa shape index (κ2) is 6.27. The molecule has 1 aromatic carbocycles. The molecule has 114 valence electrons. The van der Waals surface area contributed by atoms with Crippen LogP contribution in [0.2, 0.25) is 5.15 Å². The summed E-state index contributed by atoms with van der Waals surface area (Å²) in [5.74, 6) is 0.193. The van der Waals surface area contributed by atoms with Crippen molar-refractivity contribution in [1.82, 2.24) is 9.71 Å². The zero-order chi connectivity index (χ0) is 15.6. The monoisotopic (exact) mass is 327 g/mol. The third kappa shape index (κ3) is 3.52. The largest absolute Gasteiger partial charge is 0.326 e. The number of sulfonamides is 1. The molecule has 0 amide bonds. The van der Waals surface area contributed by atoms with Crippen molar-refractivity contribution in [2.45, 2.75) is 24.8 Å². The predicted molar refractivity (Wildman–Crippen MR) is 84.8 cm³/mol. The number of nitrogens with two attached hydrogens (primary N) is 1. The zero-order valence-electron chi connectivity index (χ0n) is 11.9. The second-order valence-corrected chi connectivity index (χ2v) is 7.31. The van der Waals surface area contributed by atoms with Gasteiger partial charge in [0.05, 0.1) is 4.90 Å². The predicted octanol–water partition coefficient (Wildman–Crippen LogP) is 2.15. The number of rotatable bonds is 5. The molecule has 1 atom stereocenters. The number of nitrogens with zero attached hydrogens (tertiary/aromatic N) is 1. The first-order chi connectivity index (χ1) is 9.83. The summed E-state index contributed by atoms with van der Waals surface area (Å²) < 4.78 is 27.5. The van der Waals surface area contributed by atoms with Crippen molar-refractivity contribution in [3.05, 3.63) is 35.6 Å². The maximum Gasteiger partial charge on any atom is 0.241 e. The number of nitrogens with one attached hydrogen (secondary N) is 1. The van der Waals surface area contributed by atoms with Gasteiger partial charge in [-0.25, -0.2) is 18.1 Å². The van der Waals surface area contributed by atoms with Crippen molar-refractivity contribution in [3.8, 4) is 0 Å². The number of hydrogen-bond acceptors (Lipinski definition) is 4. The summed E-state index contributed by atoms with van der Waals surface area (Å²) in [4.78, 5) is 4.14. The maximum absolute atomic E-state index is 12.5. The van der Waals surface area contributed by atoms with Gasteiger partial charge >= 0.3 is 0 Å². The first-order valence-electron chi connectivity index (χ1n) is 6.61. The van der Waals surface area contributed by atoms with Gasteiger partial charge in [0.15, 0.2) is 0 Å². The van der Waals surface area contributed by atoms with Gasteiger partial charge in [0, 0.05) is 29.6 Å². The fraction of sp³-hybridized carbons (Fsp3) is 0.357. The van der Waals surface area contributed by atoms with E-state index in [1.54, 1.807) is 24.3 Å². The lowest BCUT2D eigenvalue weighted by atomic mass is 10.1. The highest BCUT2D eigenvalue weighted by atomic mass is 35.5. The first-order valence-corrected chi connectivity index (χ1v) is 8.47. The van der Waals surface area contributed by atoms with E-state index in [-0.39, 0.29) is 28.6 Å². The van der Waals surface area contributed by atoms with E-state index in [0.717, 1.165) is 0 Å². The fourth-order valence-electron chi connectivity index (χ4n) is 1.90.